The monoisotopic (exact) mass is 149 g/mol. The van der Waals surface area contributed by atoms with Crippen molar-refractivity contribution < 1.29 is 0 Å². The van der Waals surface area contributed by atoms with Crippen molar-refractivity contribution in [1.29, 1.82) is 5.26 Å². The van der Waals surface area contributed by atoms with Crippen molar-refractivity contribution in [2.24, 2.45) is 0 Å². The summed E-state index contributed by atoms with van der Waals surface area (Å²) in [5.74, 6) is 0. The van der Waals surface area contributed by atoms with Crippen LogP contribution in [0.2, 0.25) is 0 Å². The summed E-state index contributed by atoms with van der Waals surface area (Å²) < 4.78 is 0. The van der Waals surface area contributed by atoms with Crippen LogP contribution in [-0.2, 0) is 0 Å². The summed E-state index contributed by atoms with van der Waals surface area (Å²) in [6, 6.07) is 1.94. The van der Waals surface area contributed by atoms with Gasteiger partial charge in [-0.15, -0.1) is 0 Å². The van der Waals surface area contributed by atoms with Gasteiger partial charge in [-0.25, -0.2) is 0 Å². The van der Waals surface area contributed by atoms with Crippen LogP contribution in [0.15, 0.2) is 24.3 Å². The Labute approximate surface area is 69.0 Å². The molecule has 60 valence electrons. The lowest BCUT2D eigenvalue weighted by Gasteiger charge is -1.89. The maximum Gasteiger partial charge on any atom is 0.0912 e. The van der Waals surface area contributed by atoms with Crippen LogP contribution < -0.4 is 0 Å². The van der Waals surface area contributed by atoms with Crippen LogP contribution in [0.1, 0.15) is 32.6 Å². The van der Waals surface area contributed by atoms with E-state index in [0.29, 0.717) is 0 Å². The van der Waals surface area contributed by atoms with Crippen molar-refractivity contribution in [3.05, 3.63) is 24.3 Å². The summed E-state index contributed by atoms with van der Waals surface area (Å²) in [4.78, 5) is 0. The van der Waals surface area contributed by atoms with Gasteiger partial charge in [0.25, 0.3) is 0 Å². The smallest absolute Gasteiger partial charge is 0.0912 e. The number of nitriles is 1. The Morgan fingerprint density at radius 2 is 2.09 bits per heavy atom. The highest BCUT2D eigenvalue weighted by Gasteiger charge is 1.79. The van der Waals surface area contributed by atoms with E-state index >= 15 is 0 Å². The second-order valence-electron chi connectivity index (χ2n) is 2.41. The highest BCUT2D eigenvalue weighted by molar-refractivity contribution is 5.11. The van der Waals surface area contributed by atoms with E-state index < -0.39 is 0 Å². The third kappa shape index (κ3) is 8.97. The second kappa shape index (κ2) is 8.97. The van der Waals surface area contributed by atoms with E-state index in [2.05, 4.69) is 13.0 Å². The zero-order valence-electron chi connectivity index (χ0n) is 7.09. The summed E-state index contributed by atoms with van der Waals surface area (Å²) in [5, 5.41) is 8.14. The minimum Gasteiger partial charge on any atom is -0.193 e. The Hall–Kier alpha value is -1.03. The number of allylic oxidation sites excluding steroid dienone is 4. The third-order valence-corrected chi connectivity index (χ3v) is 1.39. The van der Waals surface area contributed by atoms with E-state index in [1.165, 1.54) is 25.3 Å². The maximum absolute atomic E-state index is 8.14. The molecule has 0 amide bonds. The van der Waals surface area contributed by atoms with E-state index in [-0.39, 0.29) is 0 Å². The van der Waals surface area contributed by atoms with Gasteiger partial charge in [-0.05, 0) is 12.8 Å². The molecule has 0 aromatic rings. The molecule has 0 bridgehead atoms. The van der Waals surface area contributed by atoms with Crippen LogP contribution in [0.4, 0.5) is 0 Å². The van der Waals surface area contributed by atoms with Crippen molar-refractivity contribution in [2.75, 3.05) is 0 Å². The molecule has 0 saturated carbocycles. The minimum atomic E-state index is 1.13. The predicted octanol–water partition coefficient (Wildman–Crippen LogP) is 3.20. The van der Waals surface area contributed by atoms with Crippen molar-refractivity contribution in [3.63, 3.8) is 0 Å². The molecule has 1 heteroatoms. The molecule has 0 fully saturated rings. The van der Waals surface area contributed by atoms with Crippen LogP contribution in [-0.4, -0.2) is 0 Å². The molecule has 0 atom stereocenters. The highest BCUT2D eigenvalue weighted by atomic mass is 14.2. The largest absolute Gasteiger partial charge is 0.193 e. The topological polar surface area (TPSA) is 23.8 Å². The molecule has 0 spiro atoms. The summed E-state index contributed by atoms with van der Waals surface area (Å²) in [7, 11) is 0. The second-order valence-corrected chi connectivity index (χ2v) is 2.41. The van der Waals surface area contributed by atoms with Gasteiger partial charge in [-0.1, -0.05) is 38.0 Å². The normalized spacial score (nSPS) is 10.9. The Balaban J connectivity index is 3.18. The molecule has 0 unspecified atom stereocenters. The van der Waals surface area contributed by atoms with E-state index in [1.807, 2.05) is 12.1 Å². The van der Waals surface area contributed by atoms with E-state index in [9.17, 15) is 0 Å². The standard InChI is InChI=1S/C10H15N/c1-2-3-4-5-6-7-8-9-10-11/h6-9H,2-5H2,1H3/b7-6?,9-8-. The van der Waals surface area contributed by atoms with Crippen LogP contribution in [0, 0.1) is 11.3 Å². The summed E-state index contributed by atoms with van der Waals surface area (Å²) in [6.45, 7) is 2.19. The van der Waals surface area contributed by atoms with E-state index in [1.54, 1.807) is 6.08 Å². The van der Waals surface area contributed by atoms with Crippen molar-refractivity contribution in [2.45, 2.75) is 32.6 Å². The van der Waals surface area contributed by atoms with Crippen LogP contribution in [0.5, 0.6) is 0 Å². The van der Waals surface area contributed by atoms with Gasteiger partial charge < -0.3 is 0 Å². The zero-order chi connectivity index (χ0) is 8.36. The molecule has 0 aliphatic heterocycles. The first-order valence-corrected chi connectivity index (χ1v) is 4.13. The molecular weight excluding hydrogens is 134 g/mol. The molecule has 0 radical (unpaired) electrons. The van der Waals surface area contributed by atoms with Gasteiger partial charge >= 0.3 is 0 Å². The number of rotatable bonds is 5. The Kier molecular flexibility index (Phi) is 8.13. The van der Waals surface area contributed by atoms with Gasteiger partial charge in [0.05, 0.1) is 6.07 Å². The predicted molar refractivity (Wildman–Crippen MR) is 48.0 cm³/mol. The highest BCUT2D eigenvalue weighted by Crippen LogP contribution is 1.99. The number of unbranched alkanes of at least 4 members (excludes halogenated alkanes) is 3. The molecule has 0 aromatic carbocycles. The summed E-state index contributed by atoms with van der Waals surface area (Å²) >= 11 is 0. The fourth-order valence-corrected chi connectivity index (χ4v) is 0.786. The molecule has 0 rings (SSSR count). The maximum atomic E-state index is 8.14. The van der Waals surface area contributed by atoms with E-state index in [0.717, 1.165) is 6.42 Å². The lowest BCUT2D eigenvalue weighted by molar-refractivity contribution is 0.729. The van der Waals surface area contributed by atoms with Crippen LogP contribution >= 0.6 is 0 Å². The van der Waals surface area contributed by atoms with Crippen molar-refractivity contribution in [3.8, 4) is 6.07 Å². The average molecular weight is 149 g/mol. The van der Waals surface area contributed by atoms with Gasteiger partial charge in [0.2, 0.25) is 0 Å². The number of hydrogen-bond donors (Lipinski definition) is 0. The average Bonchev–Trinajstić information content (AvgIpc) is 2.03. The molecule has 1 nitrogen and oxygen atoms in total. The van der Waals surface area contributed by atoms with Gasteiger partial charge in [-0.3, -0.25) is 0 Å². The zero-order valence-corrected chi connectivity index (χ0v) is 7.09. The summed E-state index contributed by atoms with van der Waals surface area (Å²) in [6.07, 6.45) is 12.2. The van der Waals surface area contributed by atoms with Crippen molar-refractivity contribution >= 4 is 0 Å². The lowest BCUT2D eigenvalue weighted by atomic mass is 10.2. The van der Waals surface area contributed by atoms with Gasteiger partial charge in [0.15, 0.2) is 0 Å². The van der Waals surface area contributed by atoms with E-state index in [4.69, 9.17) is 5.26 Å². The van der Waals surface area contributed by atoms with Gasteiger partial charge in [0.1, 0.15) is 0 Å². The van der Waals surface area contributed by atoms with Crippen LogP contribution in [0.3, 0.4) is 0 Å². The SMILES string of the molecule is CCCCCC=C/C=C\C#N. The Morgan fingerprint density at radius 3 is 2.73 bits per heavy atom. The van der Waals surface area contributed by atoms with Crippen LogP contribution in [0.25, 0.3) is 0 Å². The molecular formula is C10H15N. The molecule has 11 heavy (non-hydrogen) atoms. The fraction of sp³-hybridized carbons (Fsp3) is 0.500. The fourth-order valence-electron chi connectivity index (χ4n) is 0.786. The quantitative estimate of drug-likeness (QED) is 0.334. The molecule has 0 aromatic heterocycles. The molecule has 0 aliphatic carbocycles. The molecule has 0 heterocycles. The molecule has 0 aliphatic rings. The van der Waals surface area contributed by atoms with Crippen molar-refractivity contribution in [1.82, 2.24) is 0 Å². The van der Waals surface area contributed by atoms with Gasteiger partial charge in [-0.2, -0.15) is 5.26 Å². The first kappa shape index (κ1) is 9.97. The molecule has 0 saturated heterocycles. The third-order valence-electron chi connectivity index (χ3n) is 1.39. The first-order chi connectivity index (χ1) is 5.41. The van der Waals surface area contributed by atoms with Gasteiger partial charge in [0, 0.05) is 6.08 Å². The lowest BCUT2D eigenvalue weighted by Crippen LogP contribution is -1.69. The molecule has 0 N–H and O–H groups in total. The minimum absolute atomic E-state index is 1.13. The number of hydrogen-bond acceptors (Lipinski definition) is 1. The summed E-state index contributed by atoms with van der Waals surface area (Å²) in [5.41, 5.74) is 0. The number of nitrogens with zero attached hydrogens (tertiary/aromatic N) is 1. The first-order valence-electron chi connectivity index (χ1n) is 4.13. The Bertz CT molecular complexity index is 160. The Morgan fingerprint density at radius 1 is 1.27 bits per heavy atom.